The number of ether oxygens (including phenoxy) is 2. The van der Waals surface area contributed by atoms with Gasteiger partial charge in [-0.3, -0.25) is 43.5 Å². The Hall–Kier alpha value is -6.56. The number of carboxylic acid groups (broad SMARTS) is 1. The van der Waals surface area contributed by atoms with Crippen LogP contribution in [0.5, 0.6) is 5.75 Å². The number of aldehydes is 1. The van der Waals surface area contributed by atoms with Crippen LogP contribution >= 0.6 is 11.6 Å². The minimum absolute atomic E-state index is 0.00833. The number of carbonyl (C=O) groups excluding carboxylic acids is 6. The molecule has 1 aromatic heterocycles. The lowest BCUT2D eigenvalue weighted by Crippen LogP contribution is -2.56. The number of nitrogens with zero attached hydrogens (tertiary/aromatic N) is 8. The van der Waals surface area contributed by atoms with Crippen molar-refractivity contribution in [2.75, 3.05) is 62.3 Å². The fourth-order valence-electron chi connectivity index (χ4n) is 11.2. The molecule has 5 heterocycles. The number of nitriles is 1. The van der Waals surface area contributed by atoms with E-state index in [1.807, 2.05) is 17.0 Å². The topological polar surface area (TPSA) is 236 Å². The molecular weight excluding hydrogens is 1010 g/mol. The number of aliphatic carboxylic acids is 1. The minimum Gasteiger partial charge on any atom is -0.490 e. The number of rotatable bonds is 25. The van der Waals surface area contributed by atoms with Gasteiger partial charge in [0.1, 0.15) is 36.7 Å². The maximum Gasteiger partial charge on any atom is 0.305 e. The standard InChI is InChI=1S/C56H69ClFN9O10/c57-45-30-42(14-11-38(45)34-59)77-40-15-12-39(13-16-40)60-53(72)47-17-19-50(62-61-47)65-23-21-37(22-24-65)35-63-25-27-64(28-26-63)49-33-44-43(32-46(49)58)54(73)67(55(44)74)48-18-20-51(69)66(56(48)75)36-76-41(31-52(70)71)10-8-6-4-2-1-3-5-7-9-29-68/h11,14,17,19,29-30,32-33,37,39-41,48H,1-10,12-13,15-16,18,20-28,31,35-36H2,(H,60,72)(H,70,71)/t39?,40?,41-,48-/m1/s1. The number of halogens is 2. The number of hydrogen-bond donors (Lipinski definition) is 2. The molecule has 3 saturated heterocycles. The van der Waals surface area contributed by atoms with E-state index >= 15 is 4.39 Å². The van der Waals surface area contributed by atoms with Gasteiger partial charge in [-0.2, -0.15) is 5.26 Å². The third-order valence-electron chi connectivity index (χ3n) is 15.6. The highest BCUT2D eigenvalue weighted by molar-refractivity contribution is 6.31. The number of nitrogens with one attached hydrogen (secondary N) is 1. The molecule has 0 unspecified atom stereocenters. The highest BCUT2D eigenvalue weighted by Gasteiger charge is 2.48. The van der Waals surface area contributed by atoms with E-state index < -0.39 is 54.3 Å². The first-order valence-corrected chi connectivity index (χ1v) is 27.7. The van der Waals surface area contributed by atoms with Gasteiger partial charge in [-0.1, -0.05) is 56.5 Å². The second kappa shape index (κ2) is 27.2. The van der Waals surface area contributed by atoms with Crippen molar-refractivity contribution in [3.05, 3.63) is 75.7 Å². The molecule has 0 spiro atoms. The lowest BCUT2D eigenvalue weighted by molar-refractivity contribution is -0.161. The number of piperazine rings is 1. The molecule has 3 aromatic rings. The zero-order chi connectivity index (χ0) is 54.4. The molecule has 4 fully saturated rings. The van der Waals surface area contributed by atoms with Gasteiger partial charge in [-0.15, -0.1) is 10.2 Å². The first kappa shape index (κ1) is 56.6. The summed E-state index contributed by atoms with van der Waals surface area (Å²) in [7, 11) is 0. The first-order chi connectivity index (χ1) is 37.3. The van der Waals surface area contributed by atoms with Gasteiger partial charge in [-0.05, 0) is 100 Å². The fourth-order valence-corrected chi connectivity index (χ4v) is 11.4. The Kier molecular flexibility index (Phi) is 20.0. The van der Waals surface area contributed by atoms with Crippen molar-refractivity contribution in [1.82, 2.24) is 30.2 Å². The van der Waals surface area contributed by atoms with Crippen molar-refractivity contribution in [3.8, 4) is 11.8 Å². The predicted molar refractivity (Wildman–Crippen MR) is 282 cm³/mol. The number of carboxylic acids is 1. The number of likely N-dealkylation sites (tertiary alicyclic amines) is 1. The number of fused-ring (bicyclic) bond motifs is 1. The molecule has 77 heavy (non-hydrogen) atoms. The number of hydrogen-bond acceptors (Lipinski definition) is 15. The fraction of sp³-hybridized carbons (Fsp3) is 0.571. The van der Waals surface area contributed by atoms with E-state index in [4.69, 9.17) is 26.3 Å². The Morgan fingerprint density at radius 2 is 1.52 bits per heavy atom. The summed E-state index contributed by atoms with van der Waals surface area (Å²) in [6, 6.07) is 11.8. The van der Waals surface area contributed by atoms with Crippen LogP contribution in [0, 0.1) is 23.1 Å². The number of amides is 5. The van der Waals surface area contributed by atoms with Gasteiger partial charge in [0.2, 0.25) is 5.91 Å². The Bertz CT molecular complexity index is 2650. The lowest BCUT2D eigenvalue weighted by atomic mass is 9.93. The summed E-state index contributed by atoms with van der Waals surface area (Å²) in [5, 5.41) is 30.8. The SMILES string of the molecule is N#Cc1ccc(OC2CCC(NC(=O)c3ccc(N4CCC(CN5CCN(c6cc7c(cc6F)C(=O)N([C@@H]6CCC(=O)N(CO[C@H](CCCCCCCCCCC=O)CC(=O)O)C6=O)C7=O)CC5)CC4)nn3)CC2)cc1Cl. The molecule has 8 rings (SSSR count). The molecule has 4 aliphatic heterocycles. The van der Waals surface area contributed by atoms with Crippen molar-refractivity contribution in [3.63, 3.8) is 0 Å². The van der Waals surface area contributed by atoms with Crippen LogP contribution in [0.4, 0.5) is 15.9 Å². The van der Waals surface area contributed by atoms with Crippen LogP contribution in [0.2, 0.25) is 5.02 Å². The van der Waals surface area contributed by atoms with Crippen LogP contribution in [0.25, 0.3) is 0 Å². The minimum atomic E-state index is -1.32. The van der Waals surface area contributed by atoms with E-state index in [9.17, 15) is 38.7 Å². The maximum atomic E-state index is 15.9. The number of carbonyl (C=O) groups is 7. The summed E-state index contributed by atoms with van der Waals surface area (Å²) in [4.78, 5) is 97.9. The molecule has 0 bridgehead atoms. The summed E-state index contributed by atoms with van der Waals surface area (Å²) < 4.78 is 27.8. The van der Waals surface area contributed by atoms with Crippen LogP contribution in [-0.2, 0) is 23.9 Å². The third-order valence-corrected chi connectivity index (χ3v) is 16.0. The first-order valence-electron chi connectivity index (χ1n) is 27.4. The Morgan fingerprint density at radius 1 is 0.831 bits per heavy atom. The highest BCUT2D eigenvalue weighted by Crippen LogP contribution is 2.35. The molecule has 412 valence electrons. The van der Waals surface area contributed by atoms with Crippen LogP contribution < -0.4 is 19.9 Å². The van der Waals surface area contributed by atoms with Gasteiger partial charge in [-0.25, -0.2) is 4.39 Å². The smallest absolute Gasteiger partial charge is 0.305 e. The van der Waals surface area contributed by atoms with Gasteiger partial charge in [0, 0.05) is 70.8 Å². The summed E-state index contributed by atoms with van der Waals surface area (Å²) in [6.45, 7) is 4.22. The Labute approximate surface area is 453 Å². The average Bonchev–Trinajstić information content (AvgIpc) is 3.66. The number of piperidine rings is 2. The largest absolute Gasteiger partial charge is 0.490 e. The van der Waals surface area contributed by atoms with Gasteiger partial charge < -0.3 is 34.5 Å². The van der Waals surface area contributed by atoms with Gasteiger partial charge >= 0.3 is 5.97 Å². The summed E-state index contributed by atoms with van der Waals surface area (Å²) >= 11 is 6.16. The summed E-state index contributed by atoms with van der Waals surface area (Å²) in [5.41, 5.74) is 0.694. The number of anilines is 2. The second-order valence-electron chi connectivity index (χ2n) is 20.9. The second-order valence-corrected chi connectivity index (χ2v) is 21.4. The van der Waals surface area contributed by atoms with Crippen molar-refractivity contribution in [2.45, 2.75) is 146 Å². The summed E-state index contributed by atoms with van der Waals surface area (Å²) in [6.07, 6.45) is 13.1. The zero-order valence-corrected chi connectivity index (χ0v) is 44.3. The van der Waals surface area contributed by atoms with Crippen LogP contribution in [-0.4, -0.2) is 149 Å². The van der Waals surface area contributed by atoms with E-state index in [1.54, 1.807) is 24.3 Å². The van der Waals surface area contributed by atoms with E-state index in [2.05, 4.69) is 25.3 Å². The Balaban J connectivity index is 0.753. The molecule has 0 radical (unpaired) electrons. The molecular formula is C56H69ClFN9O10. The van der Waals surface area contributed by atoms with E-state index in [1.165, 1.54) is 6.07 Å². The number of imide groups is 2. The van der Waals surface area contributed by atoms with E-state index in [0.717, 1.165) is 125 Å². The molecule has 5 amide bonds. The molecule has 2 atom stereocenters. The third kappa shape index (κ3) is 14.7. The average molecular weight is 1080 g/mol. The molecule has 2 N–H and O–H groups in total. The lowest BCUT2D eigenvalue weighted by Gasteiger charge is -2.39. The van der Waals surface area contributed by atoms with Gasteiger partial charge in [0.15, 0.2) is 11.5 Å². The summed E-state index contributed by atoms with van der Waals surface area (Å²) in [5.74, 6) is -3.17. The molecule has 1 saturated carbocycles. The quantitative estimate of drug-likeness (QED) is 0.0480. The number of unbranched alkanes of at least 4 members (excludes halogenated alkanes) is 8. The molecule has 5 aliphatic rings. The van der Waals surface area contributed by atoms with Crippen molar-refractivity contribution in [1.29, 1.82) is 5.26 Å². The van der Waals surface area contributed by atoms with Gasteiger partial charge in [0.05, 0.1) is 46.0 Å². The molecule has 21 heteroatoms. The van der Waals surface area contributed by atoms with Crippen molar-refractivity contribution < 1.29 is 52.5 Å². The van der Waals surface area contributed by atoms with E-state index in [-0.39, 0.29) is 59.8 Å². The van der Waals surface area contributed by atoms with Crippen molar-refractivity contribution >= 4 is 64.9 Å². The number of aromatic nitrogens is 2. The van der Waals surface area contributed by atoms with Crippen molar-refractivity contribution in [2.24, 2.45) is 5.92 Å². The molecule has 19 nitrogen and oxygen atoms in total. The predicted octanol–water partition coefficient (Wildman–Crippen LogP) is 7.33. The van der Waals surface area contributed by atoms with Crippen LogP contribution in [0.15, 0.2) is 42.5 Å². The highest BCUT2D eigenvalue weighted by atomic mass is 35.5. The number of benzene rings is 2. The molecule has 1 aliphatic carbocycles. The van der Waals surface area contributed by atoms with Crippen LogP contribution in [0.1, 0.15) is 159 Å². The van der Waals surface area contributed by atoms with Gasteiger partial charge in [0.25, 0.3) is 23.6 Å². The zero-order valence-electron chi connectivity index (χ0n) is 43.6. The van der Waals surface area contributed by atoms with E-state index in [0.29, 0.717) is 73.5 Å². The maximum absolute atomic E-state index is 15.9. The molecule has 2 aromatic carbocycles. The normalized spacial score (nSPS) is 20.8. The Morgan fingerprint density at radius 3 is 2.17 bits per heavy atom. The monoisotopic (exact) mass is 1080 g/mol. The van der Waals surface area contributed by atoms with Crippen LogP contribution in [0.3, 0.4) is 0 Å².